The summed E-state index contributed by atoms with van der Waals surface area (Å²) in [4.78, 5) is 11.7. The first-order chi connectivity index (χ1) is 10.1. The summed E-state index contributed by atoms with van der Waals surface area (Å²) >= 11 is 0. The molecule has 0 saturated heterocycles. The molecule has 1 atom stereocenters. The molecule has 1 unspecified atom stereocenters. The van der Waals surface area contributed by atoms with Crippen LogP contribution in [-0.4, -0.2) is 18.6 Å². The molecular formula is C17H24FNO2. The molecule has 0 bridgehead atoms. The van der Waals surface area contributed by atoms with E-state index >= 15 is 0 Å². The van der Waals surface area contributed by atoms with Gasteiger partial charge in [0.25, 0.3) is 0 Å². The Kier molecular flexibility index (Phi) is 5.74. The molecule has 1 aliphatic carbocycles. The van der Waals surface area contributed by atoms with Gasteiger partial charge in [0, 0.05) is 17.6 Å². The zero-order valence-electron chi connectivity index (χ0n) is 12.8. The summed E-state index contributed by atoms with van der Waals surface area (Å²) in [6, 6.07) is 7.19. The third kappa shape index (κ3) is 4.27. The minimum atomic E-state index is -0.169. The van der Waals surface area contributed by atoms with E-state index in [1.807, 2.05) is 26.0 Å². The Hall–Kier alpha value is -1.42. The molecule has 1 aromatic carbocycles. The molecule has 0 aromatic heterocycles. The molecule has 4 heteroatoms. The van der Waals surface area contributed by atoms with Crippen molar-refractivity contribution < 1.29 is 13.9 Å². The number of rotatable bonds is 5. The van der Waals surface area contributed by atoms with Crippen LogP contribution in [0.5, 0.6) is 0 Å². The summed E-state index contributed by atoms with van der Waals surface area (Å²) in [7, 11) is 0. The standard InChI is InChI=1S/C17H24FNO2/c1-3-21-17(20)13-8-10-14(11-9-13)19-12(2)15-6-4-5-7-16(15)18/h4-7,12-14,19H,3,8-11H2,1-2H3. The van der Waals surface area contributed by atoms with Crippen molar-refractivity contribution in [1.82, 2.24) is 5.32 Å². The van der Waals surface area contributed by atoms with Crippen LogP contribution in [0.4, 0.5) is 4.39 Å². The van der Waals surface area contributed by atoms with E-state index in [2.05, 4.69) is 5.32 Å². The molecule has 2 rings (SSSR count). The van der Waals surface area contributed by atoms with E-state index in [4.69, 9.17) is 4.74 Å². The average molecular weight is 293 g/mol. The molecule has 116 valence electrons. The van der Waals surface area contributed by atoms with Gasteiger partial charge in [-0.15, -0.1) is 0 Å². The molecule has 0 aliphatic heterocycles. The third-order valence-corrected chi connectivity index (χ3v) is 4.20. The van der Waals surface area contributed by atoms with E-state index in [1.54, 1.807) is 6.07 Å². The van der Waals surface area contributed by atoms with Crippen LogP contribution in [0.25, 0.3) is 0 Å². The highest BCUT2D eigenvalue weighted by molar-refractivity contribution is 5.72. The second kappa shape index (κ2) is 7.55. The number of carbonyl (C=O) groups excluding carboxylic acids is 1. The normalized spacial score (nSPS) is 23.6. The Morgan fingerprint density at radius 2 is 2.00 bits per heavy atom. The second-order valence-electron chi connectivity index (χ2n) is 5.71. The maximum atomic E-state index is 13.7. The molecule has 0 spiro atoms. The second-order valence-corrected chi connectivity index (χ2v) is 5.71. The van der Waals surface area contributed by atoms with Gasteiger partial charge in [-0.05, 0) is 45.6 Å². The number of benzene rings is 1. The summed E-state index contributed by atoms with van der Waals surface area (Å²) in [5.41, 5.74) is 0.699. The fraction of sp³-hybridized carbons (Fsp3) is 0.588. The van der Waals surface area contributed by atoms with E-state index < -0.39 is 0 Å². The molecule has 0 radical (unpaired) electrons. The molecule has 1 aromatic rings. The largest absolute Gasteiger partial charge is 0.466 e. The van der Waals surface area contributed by atoms with Gasteiger partial charge in [0.1, 0.15) is 5.82 Å². The van der Waals surface area contributed by atoms with Crippen molar-refractivity contribution in [2.24, 2.45) is 5.92 Å². The molecular weight excluding hydrogens is 269 g/mol. The summed E-state index contributed by atoms with van der Waals surface area (Å²) in [6.45, 7) is 4.26. The third-order valence-electron chi connectivity index (χ3n) is 4.20. The Labute approximate surface area is 125 Å². The monoisotopic (exact) mass is 293 g/mol. The zero-order valence-corrected chi connectivity index (χ0v) is 12.8. The van der Waals surface area contributed by atoms with E-state index in [1.165, 1.54) is 6.07 Å². The Morgan fingerprint density at radius 3 is 2.62 bits per heavy atom. The van der Waals surface area contributed by atoms with Crippen LogP contribution in [0.2, 0.25) is 0 Å². The minimum Gasteiger partial charge on any atom is -0.466 e. The first kappa shape index (κ1) is 16.0. The van der Waals surface area contributed by atoms with Crippen LogP contribution < -0.4 is 5.32 Å². The van der Waals surface area contributed by atoms with Gasteiger partial charge in [-0.25, -0.2) is 4.39 Å². The molecule has 0 amide bonds. The van der Waals surface area contributed by atoms with Gasteiger partial charge in [-0.2, -0.15) is 0 Å². The number of nitrogens with one attached hydrogen (secondary N) is 1. The molecule has 1 fully saturated rings. The lowest BCUT2D eigenvalue weighted by Crippen LogP contribution is -2.37. The van der Waals surface area contributed by atoms with Crippen molar-refractivity contribution >= 4 is 5.97 Å². The number of hydrogen-bond acceptors (Lipinski definition) is 3. The lowest BCUT2D eigenvalue weighted by atomic mass is 9.85. The summed E-state index contributed by atoms with van der Waals surface area (Å²) in [5.74, 6) is -0.206. The molecule has 1 saturated carbocycles. The van der Waals surface area contributed by atoms with E-state index in [-0.39, 0.29) is 23.7 Å². The topological polar surface area (TPSA) is 38.3 Å². The smallest absolute Gasteiger partial charge is 0.308 e. The SMILES string of the molecule is CCOC(=O)C1CCC(NC(C)c2ccccc2F)CC1. The highest BCUT2D eigenvalue weighted by atomic mass is 19.1. The maximum Gasteiger partial charge on any atom is 0.308 e. The highest BCUT2D eigenvalue weighted by Gasteiger charge is 2.28. The molecule has 3 nitrogen and oxygen atoms in total. The van der Waals surface area contributed by atoms with Crippen molar-refractivity contribution in [1.29, 1.82) is 0 Å². The van der Waals surface area contributed by atoms with Gasteiger partial charge in [-0.1, -0.05) is 18.2 Å². The van der Waals surface area contributed by atoms with Crippen molar-refractivity contribution in [2.45, 2.75) is 51.6 Å². The quantitative estimate of drug-likeness (QED) is 0.843. The number of ether oxygens (including phenoxy) is 1. The molecule has 21 heavy (non-hydrogen) atoms. The lowest BCUT2D eigenvalue weighted by Gasteiger charge is -2.30. The summed E-state index contributed by atoms with van der Waals surface area (Å²) in [5, 5.41) is 3.48. The van der Waals surface area contributed by atoms with Gasteiger partial charge in [0.2, 0.25) is 0 Å². The van der Waals surface area contributed by atoms with Crippen LogP contribution in [0.1, 0.15) is 51.1 Å². The highest BCUT2D eigenvalue weighted by Crippen LogP contribution is 2.27. The van der Waals surface area contributed by atoms with Gasteiger partial charge in [0.05, 0.1) is 12.5 Å². The van der Waals surface area contributed by atoms with Crippen molar-refractivity contribution in [3.05, 3.63) is 35.6 Å². The summed E-state index contributed by atoms with van der Waals surface area (Å²) < 4.78 is 18.8. The predicted molar refractivity (Wildman–Crippen MR) is 80.3 cm³/mol. The van der Waals surface area contributed by atoms with Crippen LogP contribution >= 0.6 is 0 Å². The number of esters is 1. The minimum absolute atomic E-state index is 0.0182. The summed E-state index contributed by atoms with van der Waals surface area (Å²) in [6.07, 6.45) is 3.56. The Morgan fingerprint density at radius 1 is 1.33 bits per heavy atom. The van der Waals surface area contributed by atoms with Gasteiger partial charge in [-0.3, -0.25) is 4.79 Å². The predicted octanol–water partition coefficient (Wildman–Crippen LogP) is 3.60. The number of carbonyl (C=O) groups is 1. The number of halogens is 1. The lowest BCUT2D eigenvalue weighted by molar-refractivity contribution is -0.149. The maximum absolute atomic E-state index is 13.7. The number of hydrogen-bond donors (Lipinski definition) is 1. The van der Waals surface area contributed by atoms with Crippen molar-refractivity contribution in [2.75, 3.05) is 6.61 Å². The fourth-order valence-corrected chi connectivity index (χ4v) is 3.03. The average Bonchev–Trinajstić information content (AvgIpc) is 2.48. The van der Waals surface area contributed by atoms with Crippen LogP contribution in [0.3, 0.4) is 0 Å². The van der Waals surface area contributed by atoms with E-state index in [0.29, 0.717) is 18.2 Å². The van der Waals surface area contributed by atoms with Crippen LogP contribution in [0.15, 0.2) is 24.3 Å². The van der Waals surface area contributed by atoms with Crippen molar-refractivity contribution in [3.63, 3.8) is 0 Å². The fourth-order valence-electron chi connectivity index (χ4n) is 3.03. The van der Waals surface area contributed by atoms with Gasteiger partial charge >= 0.3 is 5.97 Å². The van der Waals surface area contributed by atoms with Crippen LogP contribution in [0, 0.1) is 11.7 Å². The van der Waals surface area contributed by atoms with Crippen LogP contribution in [-0.2, 0) is 9.53 Å². The van der Waals surface area contributed by atoms with E-state index in [9.17, 15) is 9.18 Å². The van der Waals surface area contributed by atoms with Gasteiger partial charge in [0.15, 0.2) is 0 Å². The Balaban J connectivity index is 1.83. The molecule has 0 heterocycles. The Bertz CT molecular complexity index is 470. The molecule has 1 N–H and O–H groups in total. The zero-order chi connectivity index (χ0) is 15.2. The molecule has 1 aliphatic rings. The van der Waals surface area contributed by atoms with E-state index in [0.717, 1.165) is 25.7 Å². The van der Waals surface area contributed by atoms with Crippen molar-refractivity contribution in [3.8, 4) is 0 Å². The van der Waals surface area contributed by atoms with Gasteiger partial charge < -0.3 is 10.1 Å². The first-order valence-electron chi connectivity index (χ1n) is 7.79. The first-order valence-corrected chi connectivity index (χ1v) is 7.79.